The molecule has 0 amide bonds. The van der Waals surface area contributed by atoms with Gasteiger partial charge >= 0.3 is 0 Å². The molecule has 1 aromatic rings. The van der Waals surface area contributed by atoms with Crippen molar-refractivity contribution in [3.8, 4) is 0 Å². The maximum Gasteiger partial charge on any atom is 0.107 e. The van der Waals surface area contributed by atoms with E-state index in [9.17, 15) is 5.11 Å². The van der Waals surface area contributed by atoms with E-state index >= 15 is 0 Å². The van der Waals surface area contributed by atoms with Crippen LogP contribution < -0.4 is 0 Å². The zero-order valence-corrected chi connectivity index (χ0v) is 8.55. The molecular formula is C10H16O3. The number of aliphatic hydroxyl groups excluding tert-OH is 1. The minimum atomic E-state index is -0.581. The lowest BCUT2D eigenvalue weighted by atomic mass is 10.1. The fraction of sp³-hybridized carbons (Fsp3) is 0.600. The molecule has 0 aliphatic carbocycles. The molecule has 0 saturated heterocycles. The molecule has 0 aliphatic rings. The van der Waals surface area contributed by atoms with Crippen molar-refractivity contribution in [1.82, 2.24) is 0 Å². The molecule has 0 spiro atoms. The lowest BCUT2D eigenvalue weighted by molar-refractivity contribution is 0.0631. The lowest BCUT2D eigenvalue weighted by Crippen LogP contribution is -2.06. The summed E-state index contributed by atoms with van der Waals surface area (Å²) in [6, 6.07) is 0. The summed E-state index contributed by atoms with van der Waals surface area (Å²) in [6.07, 6.45) is -0.581. The predicted octanol–water partition coefficient (Wildman–Crippen LogP) is 1.88. The van der Waals surface area contributed by atoms with E-state index in [1.165, 1.54) is 0 Å². The first kappa shape index (κ1) is 10.3. The minimum absolute atomic E-state index is 0.306. The van der Waals surface area contributed by atoms with Crippen molar-refractivity contribution in [2.45, 2.75) is 26.9 Å². The molecule has 3 nitrogen and oxygen atoms in total. The van der Waals surface area contributed by atoms with Gasteiger partial charge in [-0.3, -0.25) is 0 Å². The Morgan fingerprint density at radius 2 is 1.92 bits per heavy atom. The monoisotopic (exact) mass is 184 g/mol. The van der Waals surface area contributed by atoms with Crippen LogP contribution in [-0.4, -0.2) is 18.8 Å². The summed E-state index contributed by atoms with van der Waals surface area (Å²) < 4.78 is 10.3. The summed E-state index contributed by atoms with van der Waals surface area (Å²) in [5, 5.41) is 9.71. The number of hydrogen-bond donors (Lipinski definition) is 1. The first-order valence-corrected chi connectivity index (χ1v) is 4.31. The molecule has 1 aromatic heterocycles. The van der Waals surface area contributed by atoms with Gasteiger partial charge < -0.3 is 14.3 Å². The first-order chi connectivity index (χ1) is 6.07. The Bertz CT molecular complexity index is 289. The minimum Gasteiger partial charge on any atom is -0.466 e. The number of aliphatic hydroxyl groups is 1. The molecule has 1 N–H and O–H groups in total. The van der Waals surface area contributed by atoms with Gasteiger partial charge in [0.1, 0.15) is 17.6 Å². The maximum atomic E-state index is 9.71. The van der Waals surface area contributed by atoms with Gasteiger partial charge in [-0.1, -0.05) is 0 Å². The quantitative estimate of drug-likeness (QED) is 0.780. The van der Waals surface area contributed by atoms with Crippen molar-refractivity contribution >= 4 is 0 Å². The highest BCUT2D eigenvalue weighted by Gasteiger charge is 2.18. The summed E-state index contributed by atoms with van der Waals surface area (Å²) >= 11 is 0. The molecular weight excluding hydrogens is 168 g/mol. The fourth-order valence-electron chi connectivity index (χ4n) is 1.54. The van der Waals surface area contributed by atoms with Crippen LogP contribution >= 0.6 is 0 Å². The first-order valence-electron chi connectivity index (χ1n) is 4.31. The van der Waals surface area contributed by atoms with E-state index in [4.69, 9.17) is 9.15 Å². The second-order valence-electron chi connectivity index (χ2n) is 3.22. The van der Waals surface area contributed by atoms with E-state index in [2.05, 4.69) is 0 Å². The van der Waals surface area contributed by atoms with Gasteiger partial charge in [0.25, 0.3) is 0 Å². The normalized spacial score (nSPS) is 13.3. The number of hydrogen-bond acceptors (Lipinski definition) is 3. The van der Waals surface area contributed by atoms with Crippen molar-refractivity contribution in [1.29, 1.82) is 0 Å². The largest absolute Gasteiger partial charge is 0.466 e. The van der Waals surface area contributed by atoms with Crippen LogP contribution in [0, 0.1) is 20.8 Å². The van der Waals surface area contributed by atoms with Crippen LogP contribution in [0.3, 0.4) is 0 Å². The van der Waals surface area contributed by atoms with Gasteiger partial charge in [0, 0.05) is 12.7 Å². The highest BCUT2D eigenvalue weighted by Crippen LogP contribution is 2.26. The van der Waals surface area contributed by atoms with Crippen LogP contribution in [-0.2, 0) is 4.74 Å². The second-order valence-corrected chi connectivity index (χ2v) is 3.22. The van der Waals surface area contributed by atoms with Crippen LogP contribution in [0.4, 0.5) is 0 Å². The highest BCUT2D eigenvalue weighted by atomic mass is 16.5. The standard InChI is InChI=1S/C10H16O3/c1-6-7(2)13-8(3)10(6)9(11)5-12-4/h9,11H,5H2,1-4H3. The Balaban J connectivity index is 2.98. The van der Waals surface area contributed by atoms with Crippen molar-refractivity contribution in [3.05, 3.63) is 22.6 Å². The van der Waals surface area contributed by atoms with Crippen LogP contribution in [0.2, 0.25) is 0 Å². The van der Waals surface area contributed by atoms with Gasteiger partial charge in [0.2, 0.25) is 0 Å². The van der Waals surface area contributed by atoms with Gasteiger partial charge in [0.05, 0.1) is 6.61 Å². The average Bonchev–Trinajstić information content (AvgIpc) is 2.27. The van der Waals surface area contributed by atoms with E-state index in [-0.39, 0.29) is 0 Å². The molecule has 1 atom stereocenters. The number of aryl methyl sites for hydroxylation is 2. The van der Waals surface area contributed by atoms with Crippen LogP contribution in [0.1, 0.15) is 28.8 Å². The van der Waals surface area contributed by atoms with E-state index in [1.807, 2.05) is 20.8 Å². The number of rotatable bonds is 3. The number of furan rings is 1. The molecule has 0 aliphatic heterocycles. The fourth-order valence-corrected chi connectivity index (χ4v) is 1.54. The van der Waals surface area contributed by atoms with Gasteiger partial charge in [0.15, 0.2) is 0 Å². The Hall–Kier alpha value is -0.800. The Kier molecular flexibility index (Phi) is 3.12. The van der Waals surface area contributed by atoms with Gasteiger partial charge in [-0.25, -0.2) is 0 Å². The molecule has 13 heavy (non-hydrogen) atoms. The van der Waals surface area contributed by atoms with Gasteiger partial charge in [-0.15, -0.1) is 0 Å². The lowest BCUT2D eigenvalue weighted by Gasteiger charge is -2.09. The van der Waals surface area contributed by atoms with Crippen molar-refractivity contribution < 1.29 is 14.3 Å². The SMILES string of the molecule is COCC(O)c1c(C)oc(C)c1C. The molecule has 0 saturated carbocycles. The molecule has 1 rings (SSSR count). The summed E-state index contributed by atoms with van der Waals surface area (Å²) in [5.41, 5.74) is 1.88. The molecule has 74 valence electrons. The maximum absolute atomic E-state index is 9.71. The third-order valence-electron chi connectivity index (χ3n) is 2.28. The predicted molar refractivity (Wildman–Crippen MR) is 49.8 cm³/mol. The third kappa shape index (κ3) is 1.92. The zero-order chi connectivity index (χ0) is 10.0. The Labute approximate surface area is 78.3 Å². The third-order valence-corrected chi connectivity index (χ3v) is 2.28. The van der Waals surface area contributed by atoms with Crippen LogP contribution in [0.25, 0.3) is 0 Å². The van der Waals surface area contributed by atoms with Crippen molar-refractivity contribution in [2.75, 3.05) is 13.7 Å². The van der Waals surface area contributed by atoms with Crippen molar-refractivity contribution in [2.24, 2.45) is 0 Å². The van der Waals surface area contributed by atoms with Gasteiger partial charge in [-0.2, -0.15) is 0 Å². The van der Waals surface area contributed by atoms with Crippen LogP contribution in [0.15, 0.2) is 4.42 Å². The molecule has 1 unspecified atom stereocenters. The topological polar surface area (TPSA) is 42.6 Å². The molecule has 0 aromatic carbocycles. The van der Waals surface area contributed by atoms with E-state index in [0.29, 0.717) is 6.61 Å². The summed E-state index contributed by atoms with van der Waals surface area (Å²) in [5.74, 6) is 1.64. The van der Waals surface area contributed by atoms with E-state index in [0.717, 1.165) is 22.6 Å². The summed E-state index contributed by atoms with van der Waals surface area (Å²) in [6.45, 7) is 6.00. The van der Waals surface area contributed by atoms with Crippen molar-refractivity contribution in [3.63, 3.8) is 0 Å². The summed E-state index contributed by atoms with van der Waals surface area (Å²) in [7, 11) is 1.57. The van der Waals surface area contributed by atoms with E-state index in [1.54, 1.807) is 7.11 Å². The smallest absolute Gasteiger partial charge is 0.107 e. The number of methoxy groups -OCH3 is 1. The molecule has 3 heteroatoms. The van der Waals surface area contributed by atoms with Crippen LogP contribution in [0.5, 0.6) is 0 Å². The highest BCUT2D eigenvalue weighted by molar-refractivity contribution is 5.33. The molecule has 0 bridgehead atoms. The molecule has 1 heterocycles. The second kappa shape index (κ2) is 3.94. The van der Waals surface area contributed by atoms with E-state index < -0.39 is 6.10 Å². The Morgan fingerprint density at radius 1 is 1.31 bits per heavy atom. The van der Waals surface area contributed by atoms with Gasteiger partial charge in [-0.05, 0) is 26.3 Å². The zero-order valence-electron chi connectivity index (χ0n) is 8.55. The summed E-state index contributed by atoms with van der Waals surface area (Å²) in [4.78, 5) is 0. The molecule has 0 radical (unpaired) electrons. The molecule has 0 fully saturated rings. The average molecular weight is 184 g/mol. The Morgan fingerprint density at radius 3 is 2.31 bits per heavy atom. The number of ether oxygens (including phenoxy) is 1.